The minimum Gasteiger partial charge on any atom is -0.456 e. The molecule has 3 atom stereocenters. The van der Waals surface area contributed by atoms with Crippen molar-refractivity contribution >= 4 is 28.7 Å². The lowest BCUT2D eigenvalue weighted by atomic mass is 10.0. The highest BCUT2D eigenvalue weighted by molar-refractivity contribution is 6.33. The van der Waals surface area contributed by atoms with Gasteiger partial charge in [0.1, 0.15) is 6.10 Å². The van der Waals surface area contributed by atoms with Crippen LogP contribution in [-0.2, 0) is 16.5 Å². The summed E-state index contributed by atoms with van der Waals surface area (Å²) in [6, 6.07) is 18.7. The molecule has 2 aromatic carbocycles. The number of benzene rings is 2. The normalized spacial score (nSPS) is 20.7. The molecular weight excluding hydrogens is 504 g/mol. The molecule has 0 saturated carbocycles. The van der Waals surface area contributed by atoms with Gasteiger partial charge < -0.3 is 29.5 Å². The summed E-state index contributed by atoms with van der Waals surface area (Å²) >= 11 is 6.63. The fourth-order valence-corrected chi connectivity index (χ4v) is 5.44. The molecule has 9 nitrogen and oxygen atoms in total. The van der Waals surface area contributed by atoms with Crippen molar-refractivity contribution in [2.75, 3.05) is 18.9 Å². The smallest absolute Gasteiger partial charge is 0.296 e. The number of fused-ring (bicyclic) bond motifs is 2. The lowest BCUT2D eigenvalue weighted by molar-refractivity contribution is 0.0273. The van der Waals surface area contributed by atoms with Crippen LogP contribution in [0.3, 0.4) is 0 Å². The zero-order valence-corrected chi connectivity index (χ0v) is 21.4. The number of aromatic nitrogens is 5. The zero-order chi connectivity index (χ0) is 25.8. The van der Waals surface area contributed by atoms with Gasteiger partial charge >= 0.3 is 0 Å². The third kappa shape index (κ3) is 3.99. The first kappa shape index (κ1) is 23.2. The number of aromatic amines is 1. The Labute approximate surface area is 223 Å². The Bertz CT molecular complexity index is 1630. The molecule has 38 heavy (non-hydrogen) atoms. The molecule has 5 heterocycles. The van der Waals surface area contributed by atoms with E-state index in [-0.39, 0.29) is 18.3 Å². The van der Waals surface area contributed by atoms with Gasteiger partial charge in [0.15, 0.2) is 17.7 Å². The number of nitrogen functional groups attached to an aromatic ring is 1. The molecule has 192 valence electrons. The molecule has 2 aliphatic heterocycles. The molecule has 0 amide bonds. The van der Waals surface area contributed by atoms with Crippen LogP contribution in [0.5, 0.6) is 6.01 Å². The fraction of sp³-hybridized carbons (Fsp3) is 0.250. The quantitative estimate of drug-likeness (QED) is 0.335. The average Bonchev–Trinajstić information content (AvgIpc) is 3.71. The summed E-state index contributed by atoms with van der Waals surface area (Å²) in [6.07, 6.45) is 2.53. The largest absolute Gasteiger partial charge is 0.456 e. The van der Waals surface area contributed by atoms with E-state index < -0.39 is 0 Å². The Morgan fingerprint density at radius 2 is 1.71 bits per heavy atom. The van der Waals surface area contributed by atoms with Gasteiger partial charge in [0.05, 0.1) is 40.8 Å². The van der Waals surface area contributed by atoms with Gasteiger partial charge in [-0.3, -0.25) is 0 Å². The Morgan fingerprint density at radius 1 is 1.00 bits per heavy atom. The van der Waals surface area contributed by atoms with Crippen LogP contribution in [0, 0.1) is 0 Å². The minimum atomic E-state index is -0.193. The zero-order valence-electron chi connectivity index (χ0n) is 20.6. The summed E-state index contributed by atoms with van der Waals surface area (Å²) in [5.74, 6) is 0.490. The van der Waals surface area contributed by atoms with E-state index in [0.29, 0.717) is 47.1 Å². The Hall–Kier alpha value is -3.92. The summed E-state index contributed by atoms with van der Waals surface area (Å²) in [5, 5.41) is 0.531. The number of hydrogen-bond donors (Lipinski definition) is 2. The lowest BCUT2D eigenvalue weighted by Gasteiger charge is -2.15. The second kappa shape index (κ2) is 9.13. The van der Waals surface area contributed by atoms with Crippen LogP contribution in [0.2, 0.25) is 5.02 Å². The first-order valence-corrected chi connectivity index (χ1v) is 12.9. The van der Waals surface area contributed by atoms with Crippen LogP contribution in [0.4, 0.5) is 5.95 Å². The molecule has 2 saturated heterocycles. The van der Waals surface area contributed by atoms with Crippen LogP contribution in [0.1, 0.15) is 6.42 Å². The van der Waals surface area contributed by atoms with Crippen LogP contribution >= 0.6 is 11.6 Å². The monoisotopic (exact) mass is 528 g/mol. The number of nitrogens with zero attached hydrogens (tertiary/aromatic N) is 4. The molecule has 7 rings (SSSR count). The second-order valence-electron chi connectivity index (χ2n) is 9.60. The summed E-state index contributed by atoms with van der Waals surface area (Å²) in [4.78, 5) is 16.6. The van der Waals surface area contributed by atoms with Crippen molar-refractivity contribution in [2.24, 2.45) is 7.05 Å². The standard InChI is InChI=1S/C28H25ClN6O3/c1-35-21(13-31-27(35)30)17-6-2-15(3-7-17)16-4-8-18(9-5-16)24-19(29)12-20-26(33-24)34-28(32-20)38-23-14-37-22-10-11-36-25(22)23/h2-9,12-13,22-23,25H,10-11,14H2,1H3,(H2,30,31)(H,32,33,34)/t22-,23?,25+/m1/s1. The number of rotatable bonds is 5. The molecule has 3 N–H and O–H groups in total. The van der Waals surface area contributed by atoms with Gasteiger partial charge in [0.2, 0.25) is 0 Å². The maximum Gasteiger partial charge on any atom is 0.296 e. The molecular formula is C28H25ClN6O3. The van der Waals surface area contributed by atoms with Crippen molar-refractivity contribution in [3.63, 3.8) is 0 Å². The number of anilines is 1. The van der Waals surface area contributed by atoms with Gasteiger partial charge in [0, 0.05) is 19.2 Å². The van der Waals surface area contributed by atoms with Gasteiger partial charge in [-0.15, -0.1) is 0 Å². The number of nitrogens with two attached hydrogens (primary N) is 1. The topological polar surface area (TPSA) is 113 Å². The second-order valence-corrected chi connectivity index (χ2v) is 10.0. The van der Waals surface area contributed by atoms with Crippen molar-refractivity contribution in [1.29, 1.82) is 0 Å². The van der Waals surface area contributed by atoms with E-state index in [0.717, 1.165) is 34.4 Å². The van der Waals surface area contributed by atoms with Crippen molar-refractivity contribution in [3.05, 3.63) is 65.8 Å². The highest BCUT2D eigenvalue weighted by atomic mass is 35.5. The van der Waals surface area contributed by atoms with E-state index in [1.165, 1.54) is 0 Å². The number of halogens is 1. The number of hydrogen-bond acceptors (Lipinski definition) is 7. The van der Waals surface area contributed by atoms with Gasteiger partial charge in [-0.05, 0) is 29.2 Å². The molecule has 0 spiro atoms. The van der Waals surface area contributed by atoms with Crippen molar-refractivity contribution in [2.45, 2.75) is 24.7 Å². The Kier molecular flexibility index (Phi) is 5.57. The molecule has 3 aromatic heterocycles. The number of ether oxygens (including phenoxy) is 3. The third-order valence-electron chi connectivity index (χ3n) is 7.28. The van der Waals surface area contributed by atoms with Crippen LogP contribution in [0.25, 0.3) is 44.8 Å². The first-order valence-electron chi connectivity index (χ1n) is 12.5. The summed E-state index contributed by atoms with van der Waals surface area (Å²) in [6.45, 7) is 1.18. The number of H-pyrrole nitrogens is 1. The summed E-state index contributed by atoms with van der Waals surface area (Å²) < 4.78 is 19.5. The van der Waals surface area contributed by atoms with Crippen LogP contribution in [-0.4, -0.2) is 56.0 Å². The van der Waals surface area contributed by atoms with Crippen molar-refractivity contribution in [1.82, 2.24) is 24.5 Å². The molecule has 0 radical (unpaired) electrons. The van der Waals surface area contributed by atoms with Crippen LogP contribution in [0.15, 0.2) is 60.8 Å². The van der Waals surface area contributed by atoms with E-state index >= 15 is 0 Å². The average molecular weight is 529 g/mol. The van der Waals surface area contributed by atoms with E-state index in [2.05, 4.69) is 51.4 Å². The van der Waals surface area contributed by atoms with E-state index in [9.17, 15) is 0 Å². The van der Waals surface area contributed by atoms with Crippen LogP contribution < -0.4 is 10.5 Å². The maximum atomic E-state index is 6.63. The predicted molar refractivity (Wildman–Crippen MR) is 145 cm³/mol. The van der Waals surface area contributed by atoms with Gasteiger partial charge in [-0.1, -0.05) is 60.1 Å². The number of nitrogens with one attached hydrogen (secondary N) is 1. The third-order valence-corrected chi connectivity index (χ3v) is 7.57. The fourth-order valence-electron chi connectivity index (χ4n) is 5.17. The molecule has 5 aromatic rings. The lowest BCUT2D eigenvalue weighted by Crippen LogP contribution is -2.32. The highest BCUT2D eigenvalue weighted by Crippen LogP contribution is 2.33. The Balaban J connectivity index is 1.11. The SMILES string of the molecule is Cn1c(-c2ccc(-c3ccc(-c4nc5nc(OC6CO[C@@H]7CCO[C@H]67)[nH]c5cc4Cl)cc3)cc2)cnc1N. The highest BCUT2D eigenvalue weighted by Gasteiger charge is 2.43. The summed E-state index contributed by atoms with van der Waals surface area (Å²) in [7, 11) is 1.90. The maximum absolute atomic E-state index is 6.63. The first-order chi connectivity index (χ1) is 18.5. The molecule has 0 bridgehead atoms. The number of imidazole rings is 2. The minimum absolute atomic E-state index is 0.0565. The van der Waals surface area contributed by atoms with E-state index in [1.807, 2.05) is 29.8 Å². The molecule has 10 heteroatoms. The molecule has 0 aliphatic carbocycles. The van der Waals surface area contributed by atoms with Gasteiger partial charge in [-0.25, -0.2) is 9.97 Å². The molecule has 1 unspecified atom stereocenters. The van der Waals surface area contributed by atoms with Crippen molar-refractivity contribution < 1.29 is 14.2 Å². The van der Waals surface area contributed by atoms with E-state index in [4.69, 9.17) is 36.5 Å². The summed E-state index contributed by atoms with van der Waals surface area (Å²) in [5.41, 5.74) is 12.9. The van der Waals surface area contributed by atoms with Crippen molar-refractivity contribution in [3.8, 4) is 39.7 Å². The number of pyridine rings is 1. The molecule has 2 aliphatic rings. The predicted octanol–water partition coefficient (Wildman–Crippen LogP) is 4.86. The van der Waals surface area contributed by atoms with Gasteiger partial charge in [0.25, 0.3) is 6.01 Å². The Morgan fingerprint density at radius 3 is 2.42 bits per heavy atom. The van der Waals surface area contributed by atoms with Gasteiger partial charge in [-0.2, -0.15) is 4.98 Å². The van der Waals surface area contributed by atoms with E-state index in [1.54, 1.807) is 6.20 Å². The molecule has 2 fully saturated rings.